The van der Waals surface area contributed by atoms with E-state index < -0.39 is 0 Å². The first-order chi connectivity index (χ1) is 7.18. The van der Waals surface area contributed by atoms with Crippen LogP contribution < -0.4 is 0 Å². The highest BCUT2D eigenvalue weighted by molar-refractivity contribution is 5.03. The lowest BCUT2D eigenvalue weighted by molar-refractivity contribution is 0.284. The normalized spacial score (nSPS) is 11.3. The molecule has 0 aliphatic rings. The Hall–Kier alpha value is -0.930. The monoisotopic (exact) mass is 207 g/mol. The van der Waals surface area contributed by atoms with Crippen LogP contribution in [0.5, 0.6) is 0 Å². The summed E-state index contributed by atoms with van der Waals surface area (Å²) >= 11 is 0. The molecule has 1 rings (SSSR count). The quantitative estimate of drug-likeness (QED) is 0.697. The molecule has 0 fully saturated rings. The van der Waals surface area contributed by atoms with E-state index >= 15 is 0 Å². The summed E-state index contributed by atoms with van der Waals surface area (Å²) in [5.41, 5.74) is 1.18. The van der Waals surface area contributed by atoms with Crippen molar-refractivity contribution in [2.75, 3.05) is 40.8 Å². The Morgan fingerprint density at radius 3 is 2.47 bits per heavy atom. The Morgan fingerprint density at radius 2 is 1.87 bits per heavy atom. The summed E-state index contributed by atoms with van der Waals surface area (Å²) in [7, 11) is 6.37. The lowest BCUT2D eigenvalue weighted by Crippen LogP contribution is -2.30. The van der Waals surface area contributed by atoms with Crippen molar-refractivity contribution in [2.24, 2.45) is 0 Å². The van der Waals surface area contributed by atoms with Crippen LogP contribution >= 0.6 is 0 Å². The Labute approximate surface area is 92.7 Å². The standard InChI is InChI=1S/C12H21N3/c1-14(2)10-11-15(3)9-7-12-6-4-5-8-13-12/h4-6,8H,7,9-11H2,1-3H3. The van der Waals surface area contributed by atoms with Gasteiger partial charge in [-0.25, -0.2) is 0 Å². The Kier molecular flexibility index (Phi) is 5.29. The van der Waals surface area contributed by atoms with E-state index in [1.54, 1.807) is 0 Å². The van der Waals surface area contributed by atoms with Gasteiger partial charge in [-0.3, -0.25) is 4.98 Å². The lowest BCUT2D eigenvalue weighted by atomic mass is 10.2. The van der Waals surface area contributed by atoms with Crippen LogP contribution in [-0.2, 0) is 6.42 Å². The maximum Gasteiger partial charge on any atom is 0.0416 e. The SMILES string of the molecule is CN(C)CCN(C)CCc1ccccn1. The Balaban J connectivity index is 2.19. The first-order valence-corrected chi connectivity index (χ1v) is 5.41. The van der Waals surface area contributed by atoms with Crippen molar-refractivity contribution in [3.63, 3.8) is 0 Å². The summed E-state index contributed by atoms with van der Waals surface area (Å²) in [6.45, 7) is 3.30. The summed E-state index contributed by atoms with van der Waals surface area (Å²) in [4.78, 5) is 8.86. The third-order valence-corrected chi connectivity index (χ3v) is 2.40. The summed E-state index contributed by atoms with van der Waals surface area (Å²) in [6, 6.07) is 6.08. The fraction of sp³-hybridized carbons (Fsp3) is 0.583. The molecule has 1 aromatic rings. The van der Waals surface area contributed by atoms with E-state index in [9.17, 15) is 0 Å². The van der Waals surface area contributed by atoms with E-state index in [1.807, 2.05) is 18.3 Å². The summed E-state index contributed by atoms with van der Waals surface area (Å²) in [5.74, 6) is 0. The van der Waals surface area contributed by atoms with Gasteiger partial charge in [0.2, 0.25) is 0 Å². The van der Waals surface area contributed by atoms with Gasteiger partial charge >= 0.3 is 0 Å². The van der Waals surface area contributed by atoms with Crippen LogP contribution in [0.15, 0.2) is 24.4 Å². The van der Waals surface area contributed by atoms with Gasteiger partial charge in [-0.2, -0.15) is 0 Å². The molecular weight excluding hydrogens is 186 g/mol. The molecule has 0 radical (unpaired) electrons. The molecule has 0 spiro atoms. The van der Waals surface area contributed by atoms with Crippen molar-refractivity contribution in [1.82, 2.24) is 14.8 Å². The molecule has 0 unspecified atom stereocenters. The third kappa shape index (κ3) is 5.50. The number of hydrogen-bond donors (Lipinski definition) is 0. The molecule has 0 aliphatic carbocycles. The number of hydrogen-bond acceptors (Lipinski definition) is 3. The third-order valence-electron chi connectivity index (χ3n) is 2.40. The van der Waals surface area contributed by atoms with Crippen LogP contribution in [0.1, 0.15) is 5.69 Å². The van der Waals surface area contributed by atoms with Crippen LogP contribution in [0.3, 0.4) is 0 Å². The van der Waals surface area contributed by atoms with Crippen LogP contribution in [0.25, 0.3) is 0 Å². The van der Waals surface area contributed by atoms with Gasteiger partial charge < -0.3 is 9.80 Å². The van der Waals surface area contributed by atoms with Crippen LogP contribution in [-0.4, -0.2) is 55.6 Å². The molecule has 0 aliphatic heterocycles. The largest absolute Gasteiger partial charge is 0.308 e. The minimum atomic E-state index is 1.03. The van der Waals surface area contributed by atoms with Crippen molar-refractivity contribution >= 4 is 0 Å². The van der Waals surface area contributed by atoms with Crippen LogP contribution in [0.4, 0.5) is 0 Å². The second kappa shape index (κ2) is 6.53. The van der Waals surface area contributed by atoms with Crippen molar-refractivity contribution in [3.05, 3.63) is 30.1 Å². The number of aromatic nitrogens is 1. The van der Waals surface area contributed by atoms with Gasteiger partial charge in [0.05, 0.1) is 0 Å². The van der Waals surface area contributed by atoms with E-state index in [0.717, 1.165) is 26.1 Å². The van der Waals surface area contributed by atoms with E-state index in [-0.39, 0.29) is 0 Å². The second-order valence-electron chi connectivity index (χ2n) is 4.18. The molecule has 3 nitrogen and oxygen atoms in total. The van der Waals surface area contributed by atoms with E-state index in [0.29, 0.717) is 0 Å². The highest BCUT2D eigenvalue weighted by atomic mass is 15.1. The molecule has 0 saturated carbocycles. The number of likely N-dealkylation sites (N-methyl/N-ethyl adjacent to an activating group) is 2. The zero-order valence-electron chi connectivity index (χ0n) is 9.98. The predicted octanol–water partition coefficient (Wildman–Crippen LogP) is 1.12. The van der Waals surface area contributed by atoms with Gasteiger partial charge in [0.1, 0.15) is 0 Å². The molecule has 0 amide bonds. The number of pyridine rings is 1. The number of rotatable bonds is 6. The molecule has 15 heavy (non-hydrogen) atoms. The molecule has 0 atom stereocenters. The van der Waals surface area contributed by atoms with Gasteiger partial charge in [-0.15, -0.1) is 0 Å². The maximum absolute atomic E-state index is 4.31. The fourth-order valence-corrected chi connectivity index (χ4v) is 1.33. The van der Waals surface area contributed by atoms with Crippen LogP contribution in [0, 0.1) is 0 Å². The molecule has 0 saturated heterocycles. The van der Waals surface area contributed by atoms with Crippen molar-refractivity contribution < 1.29 is 0 Å². The minimum absolute atomic E-state index is 1.03. The van der Waals surface area contributed by atoms with Crippen LogP contribution in [0.2, 0.25) is 0 Å². The maximum atomic E-state index is 4.31. The first-order valence-electron chi connectivity index (χ1n) is 5.41. The Morgan fingerprint density at radius 1 is 1.07 bits per heavy atom. The molecule has 84 valence electrons. The molecule has 1 aromatic heterocycles. The first kappa shape index (κ1) is 12.1. The lowest BCUT2D eigenvalue weighted by Gasteiger charge is -2.18. The van der Waals surface area contributed by atoms with Gasteiger partial charge in [0.25, 0.3) is 0 Å². The fourth-order valence-electron chi connectivity index (χ4n) is 1.33. The van der Waals surface area contributed by atoms with E-state index in [1.165, 1.54) is 5.69 Å². The van der Waals surface area contributed by atoms with E-state index in [2.05, 4.69) is 42.0 Å². The zero-order valence-corrected chi connectivity index (χ0v) is 9.98. The predicted molar refractivity (Wildman–Crippen MR) is 64.0 cm³/mol. The molecule has 0 aromatic carbocycles. The highest BCUT2D eigenvalue weighted by Crippen LogP contribution is 1.96. The summed E-state index contributed by atoms with van der Waals surface area (Å²) in [6.07, 6.45) is 2.89. The summed E-state index contributed by atoms with van der Waals surface area (Å²) < 4.78 is 0. The molecule has 1 heterocycles. The smallest absolute Gasteiger partial charge is 0.0416 e. The molecule has 0 bridgehead atoms. The average Bonchev–Trinajstić information content (AvgIpc) is 2.25. The molecule has 3 heteroatoms. The van der Waals surface area contributed by atoms with Crippen molar-refractivity contribution in [2.45, 2.75) is 6.42 Å². The minimum Gasteiger partial charge on any atom is -0.308 e. The molecule has 0 N–H and O–H groups in total. The van der Waals surface area contributed by atoms with Crippen molar-refractivity contribution in [1.29, 1.82) is 0 Å². The van der Waals surface area contributed by atoms with Gasteiger partial charge in [0, 0.05) is 37.9 Å². The van der Waals surface area contributed by atoms with E-state index in [4.69, 9.17) is 0 Å². The Bertz CT molecular complexity index is 259. The van der Waals surface area contributed by atoms with Gasteiger partial charge in [-0.1, -0.05) is 6.07 Å². The molecular formula is C12H21N3. The number of nitrogens with zero attached hydrogens (tertiary/aromatic N) is 3. The second-order valence-corrected chi connectivity index (χ2v) is 4.18. The van der Waals surface area contributed by atoms with Crippen molar-refractivity contribution in [3.8, 4) is 0 Å². The summed E-state index contributed by atoms with van der Waals surface area (Å²) in [5, 5.41) is 0. The van der Waals surface area contributed by atoms with Gasteiger partial charge in [-0.05, 0) is 33.3 Å². The zero-order chi connectivity index (χ0) is 11.1. The topological polar surface area (TPSA) is 19.4 Å². The van der Waals surface area contributed by atoms with Gasteiger partial charge in [0.15, 0.2) is 0 Å². The highest BCUT2D eigenvalue weighted by Gasteiger charge is 2.00. The average molecular weight is 207 g/mol.